The van der Waals surface area contributed by atoms with Crippen LogP contribution in [0.3, 0.4) is 0 Å². The van der Waals surface area contributed by atoms with Crippen molar-refractivity contribution in [3.05, 3.63) is 66.0 Å². The van der Waals surface area contributed by atoms with Crippen LogP contribution in [0, 0.1) is 0 Å². The number of nitrogens with one attached hydrogen (secondary N) is 1. The molecule has 2 N–H and O–H groups in total. The van der Waals surface area contributed by atoms with Gasteiger partial charge < -0.3 is 15.2 Å². The Morgan fingerprint density at radius 3 is 2.62 bits per heavy atom. The summed E-state index contributed by atoms with van der Waals surface area (Å²) >= 11 is 0. The van der Waals surface area contributed by atoms with Gasteiger partial charge in [-0.2, -0.15) is 0 Å². The highest BCUT2D eigenvalue weighted by Crippen LogP contribution is 2.13. The van der Waals surface area contributed by atoms with Gasteiger partial charge in [-0.05, 0) is 35.9 Å². The van der Waals surface area contributed by atoms with Gasteiger partial charge in [0, 0.05) is 30.9 Å². The maximum atomic E-state index is 11.7. The molecule has 1 heterocycles. The molecule has 0 fully saturated rings. The minimum absolute atomic E-state index is 0.183. The number of amides is 1. The van der Waals surface area contributed by atoms with E-state index in [-0.39, 0.29) is 12.5 Å². The first kappa shape index (κ1) is 17.2. The fourth-order valence-electron chi connectivity index (χ4n) is 1.91. The van der Waals surface area contributed by atoms with Crippen LogP contribution in [0.1, 0.15) is 11.3 Å². The van der Waals surface area contributed by atoms with E-state index >= 15 is 0 Å². The van der Waals surface area contributed by atoms with Gasteiger partial charge in [0.15, 0.2) is 6.61 Å². The Labute approximate surface area is 139 Å². The second kappa shape index (κ2) is 9.09. The number of aromatic nitrogens is 1. The molecule has 0 aliphatic carbocycles. The van der Waals surface area contributed by atoms with Crippen molar-refractivity contribution in [3.8, 4) is 5.75 Å². The standard InChI is InChI=1S/C18H18N2O4/c21-17(20-12-10-15-3-1-2-11-19-15)9-6-14-4-7-16(8-5-14)24-13-18(22)23/h1-9,11H,10,12-13H2,(H,20,21)(H,22,23)/b9-6+. The molecule has 6 heteroatoms. The largest absolute Gasteiger partial charge is 0.482 e. The van der Waals surface area contributed by atoms with E-state index in [1.54, 1.807) is 36.5 Å². The number of carbonyl (C=O) groups is 2. The Morgan fingerprint density at radius 1 is 1.17 bits per heavy atom. The van der Waals surface area contributed by atoms with Gasteiger partial charge in [-0.1, -0.05) is 18.2 Å². The number of carboxylic acid groups (broad SMARTS) is 1. The number of rotatable bonds is 8. The number of hydrogen-bond donors (Lipinski definition) is 2. The lowest BCUT2D eigenvalue weighted by atomic mass is 10.2. The van der Waals surface area contributed by atoms with Gasteiger partial charge in [0.05, 0.1) is 0 Å². The Bertz CT molecular complexity index is 697. The third-order valence-corrected chi connectivity index (χ3v) is 3.08. The summed E-state index contributed by atoms with van der Waals surface area (Å²) in [6.07, 6.45) is 5.53. The third kappa shape index (κ3) is 6.31. The van der Waals surface area contributed by atoms with Crippen molar-refractivity contribution in [1.29, 1.82) is 0 Å². The van der Waals surface area contributed by atoms with Gasteiger partial charge in [0.2, 0.25) is 5.91 Å². The molecule has 0 spiro atoms. The van der Waals surface area contributed by atoms with Crippen LogP contribution in [-0.4, -0.2) is 35.1 Å². The van der Waals surface area contributed by atoms with Crippen LogP contribution in [0.2, 0.25) is 0 Å². The monoisotopic (exact) mass is 326 g/mol. The number of nitrogens with zero attached hydrogens (tertiary/aromatic N) is 1. The minimum Gasteiger partial charge on any atom is -0.482 e. The molecular weight excluding hydrogens is 308 g/mol. The van der Waals surface area contributed by atoms with E-state index < -0.39 is 5.97 Å². The van der Waals surface area contributed by atoms with Crippen LogP contribution in [0.25, 0.3) is 6.08 Å². The predicted molar refractivity (Wildman–Crippen MR) is 89.6 cm³/mol. The zero-order valence-corrected chi connectivity index (χ0v) is 13.0. The van der Waals surface area contributed by atoms with E-state index in [1.165, 1.54) is 6.08 Å². The number of hydrogen-bond acceptors (Lipinski definition) is 4. The molecule has 0 bridgehead atoms. The highest BCUT2D eigenvalue weighted by molar-refractivity contribution is 5.91. The van der Waals surface area contributed by atoms with Gasteiger partial charge in [-0.25, -0.2) is 4.79 Å². The van der Waals surface area contributed by atoms with Crippen LogP contribution in [0.5, 0.6) is 5.75 Å². The lowest BCUT2D eigenvalue weighted by Gasteiger charge is -2.03. The van der Waals surface area contributed by atoms with E-state index in [2.05, 4.69) is 10.3 Å². The second-order valence-electron chi connectivity index (χ2n) is 4.95. The number of carboxylic acids is 1. The van der Waals surface area contributed by atoms with Crippen molar-refractivity contribution in [2.24, 2.45) is 0 Å². The second-order valence-corrected chi connectivity index (χ2v) is 4.95. The molecule has 0 saturated heterocycles. The normalized spacial score (nSPS) is 10.5. The number of carbonyl (C=O) groups excluding carboxylic acids is 1. The Morgan fingerprint density at radius 2 is 1.96 bits per heavy atom. The molecule has 0 atom stereocenters. The SMILES string of the molecule is O=C(O)COc1ccc(/C=C/C(=O)NCCc2ccccn2)cc1. The van der Waals surface area contributed by atoms with E-state index in [0.717, 1.165) is 11.3 Å². The number of benzene rings is 1. The van der Waals surface area contributed by atoms with Crippen molar-refractivity contribution in [1.82, 2.24) is 10.3 Å². The summed E-state index contributed by atoms with van der Waals surface area (Å²) in [6.45, 7) is 0.135. The topological polar surface area (TPSA) is 88.5 Å². The molecule has 24 heavy (non-hydrogen) atoms. The molecule has 124 valence electrons. The Kier molecular flexibility index (Phi) is 6.52. The summed E-state index contributed by atoms with van der Waals surface area (Å²) in [6, 6.07) is 12.5. The van der Waals surface area contributed by atoms with Gasteiger partial charge in [0.25, 0.3) is 0 Å². The summed E-state index contributed by atoms with van der Waals surface area (Å²) < 4.78 is 5.03. The van der Waals surface area contributed by atoms with E-state index in [1.807, 2.05) is 18.2 Å². The minimum atomic E-state index is -1.03. The van der Waals surface area contributed by atoms with Gasteiger partial charge in [0.1, 0.15) is 5.75 Å². The molecule has 1 amide bonds. The van der Waals surface area contributed by atoms with Crippen LogP contribution in [0.15, 0.2) is 54.7 Å². The summed E-state index contributed by atoms with van der Waals surface area (Å²) in [7, 11) is 0. The molecular formula is C18H18N2O4. The molecule has 0 aliphatic rings. The maximum absolute atomic E-state index is 11.7. The third-order valence-electron chi connectivity index (χ3n) is 3.08. The first-order valence-electron chi connectivity index (χ1n) is 7.44. The van der Waals surface area contributed by atoms with Crippen molar-refractivity contribution in [2.45, 2.75) is 6.42 Å². The average Bonchev–Trinajstić information content (AvgIpc) is 2.60. The zero-order valence-electron chi connectivity index (χ0n) is 13.0. The van der Waals surface area contributed by atoms with Crippen LogP contribution in [0.4, 0.5) is 0 Å². The zero-order chi connectivity index (χ0) is 17.2. The molecule has 2 rings (SSSR count). The first-order chi connectivity index (χ1) is 11.6. The fourth-order valence-corrected chi connectivity index (χ4v) is 1.91. The molecule has 0 radical (unpaired) electrons. The van der Waals surface area contributed by atoms with Crippen molar-refractivity contribution in [3.63, 3.8) is 0 Å². The quantitative estimate of drug-likeness (QED) is 0.724. The average molecular weight is 326 g/mol. The summed E-state index contributed by atoms with van der Waals surface area (Å²) in [4.78, 5) is 26.3. The molecule has 0 saturated carbocycles. The fraction of sp³-hybridized carbons (Fsp3) is 0.167. The first-order valence-corrected chi connectivity index (χ1v) is 7.44. The van der Waals surface area contributed by atoms with Crippen molar-refractivity contribution < 1.29 is 19.4 Å². The summed E-state index contributed by atoms with van der Waals surface area (Å²) in [5.74, 6) is -0.743. The van der Waals surface area contributed by atoms with Crippen LogP contribution < -0.4 is 10.1 Å². The highest BCUT2D eigenvalue weighted by atomic mass is 16.5. The number of pyridine rings is 1. The van der Waals surface area contributed by atoms with Crippen LogP contribution in [-0.2, 0) is 16.0 Å². The summed E-state index contributed by atoms with van der Waals surface area (Å²) in [5.41, 5.74) is 1.75. The molecule has 1 aromatic carbocycles. The predicted octanol–water partition coefficient (Wildman–Crippen LogP) is 1.92. The maximum Gasteiger partial charge on any atom is 0.341 e. The van der Waals surface area contributed by atoms with Crippen LogP contribution >= 0.6 is 0 Å². The van der Waals surface area contributed by atoms with Crippen molar-refractivity contribution in [2.75, 3.05) is 13.2 Å². The van der Waals surface area contributed by atoms with E-state index in [9.17, 15) is 9.59 Å². The smallest absolute Gasteiger partial charge is 0.341 e. The Hall–Kier alpha value is -3.15. The van der Waals surface area contributed by atoms with Gasteiger partial charge in [-0.3, -0.25) is 9.78 Å². The van der Waals surface area contributed by atoms with Gasteiger partial charge in [-0.15, -0.1) is 0 Å². The molecule has 6 nitrogen and oxygen atoms in total. The lowest BCUT2D eigenvalue weighted by Crippen LogP contribution is -2.23. The number of ether oxygens (including phenoxy) is 1. The molecule has 1 aromatic heterocycles. The highest BCUT2D eigenvalue weighted by Gasteiger charge is 1.99. The number of aliphatic carboxylic acids is 1. The van der Waals surface area contributed by atoms with Gasteiger partial charge >= 0.3 is 5.97 Å². The summed E-state index contributed by atoms with van der Waals surface area (Å²) in [5, 5.41) is 11.3. The van der Waals surface area contributed by atoms with E-state index in [4.69, 9.17) is 9.84 Å². The molecule has 2 aromatic rings. The van der Waals surface area contributed by atoms with E-state index in [0.29, 0.717) is 18.7 Å². The Balaban J connectivity index is 1.75. The molecule has 0 aliphatic heterocycles. The molecule has 0 unspecified atom stereocenters. The van der Waals surface area contributed by atoms with Crippen molar-refractivity contribution >= 4 is 18.0 Å². The lowest BCUT2D eigenvalue weighted by molar-refractivity contribution is -0.139.